The zero-order valence-electron chi connectivity index (χ0n) is 8.31. The van der Waals surface area contributed by atoms with Gasteiger partial charge in [-0.15, -0.1) is 6.42 Å². The van der Waals surface area contributed by atoms with Crippen LogP contribution in [0.15, 0.2) is 23.4 Å². The highest BCUT2D eigenvalue weighted by Crippen LogP contribution is 2.24. The van der Waals surface area contributed by atoms with Gasteiger partial charge in [-0.1, -0.05) is 38.3 Å². The van der Waals surface area contributed by atoms with Crippen molar-refractivity contribution in [1.29, 1.82) is 0 Å². The Kier molecular flexibility index (Phi) is 3.63. The van der Waals surface area contributed by atoms with E-state index in [2.05, 4.69) is 33.6 Å². The smallest absolute Gasteiger partial charge is 0.0824 e. The van der Waals surface area contributed by atoms with Crippen molar-refractivity contribution in [1.82, 2.24) is 0 Å². The van der Waals surface area contributed by atoms with Gasteiger partial charge in [0, 0.05) is 0 Å². The fraction of sp³-hybridized carbons (Fsp3) is 0.455. The number of rotatable bonds is 1. The predicted octanol–water partition coefficient (Wildman–Crippen LogP) is 2.45. The average molecular weight is 163 g/mol. The highest BCUT2D eigenvalue weighted by Gasteiger charge is 2.10. The maximum Gasteiger partial charge on any atom is 0.0824 e. The third-order valence-corrected chi connectivity index (χ3v) is 1.86. The first-order valence-corrected chi connectivity index (χ1v) is 3.99. The number of hydrogen-bond acceptors (Lipinski definition) is 1. The molecule has 0 radical (unpaired) electrons. The van der Waals surface area contributed by atoms with E-state index in [0.717, 1.165) is 0 Å². The summed E-state index contributed by atoms with van der Waals surface area (Å²) in [5, 5.41) is 0. The molecule has 0 saturated carbocycles. The maximum absolute atomic E-state index is 5.44. The standard InChI is InChI=1S/C11H17N/c1-6-10(12)8-7-9(2)11(3,4)5/h1,7-8H,12H2,2-5H3/b9-7+,10-8+. The van der Waals surface area contributed by atoms with Crippen molar-refractivity contribution in [3.05, 3.63) is 23.4 Å². The maximum atomic E-state index is 5.44. The van der Waals surface area contributed by atoms with Gasteiger partial charge in [-0.3, -0.25) is 0 Å². The second kappa shape index (κ2) is 4.01. The van der Waals surface area contributed by atoms with E-state index in [1.165, 1.54) is 5.57 Å². The zero-order valence-corrected chi connectivity index (χ0v) is 8.31. The fourth-order valence-electron chi connectivity index (χ4n) is 0.513. The van der Waals surface area contributed by atoms with Gasteiger partial charge in [0.05, 0.1) is 5.70 Å². The second-order valence-electron chi connectivity index (χ2n) is 3.87. The molecule has 0 aromatic carbocycles. The van der Waals surface area contributed by atoms with E-state index in [0.29, 0.717) is 5.70 Å². The molecular formula is C11H17N. The van der Waals surface area contributed by atoms with Gasteiger partial charge < -0.3 is 5.73 Å². The third kappa shape index (κ3) is 3.88. The summed E-state index contributed by atoms with van der Waals surface area (Å²) < 4.78 is 0. The van der Waals surface area contributed by atoms with Crippen LogP contribution in [-0.2, 0) is 0 Å². The molecule has 1 nitrogen and oxygen atoms in total. The van der Waals surface area contributed by atoms with E-state index in [-0.39, 0.29) is 5.41 Å². The van der Waals surface area contributed by atoms with Crippen molar-refractivity contribution < 1.29 is 0 Å². The van der Waals surface area contributed by atoms with Gasteiger partial charge >= 0.3 is 0 Å². The fourth-order valence-corrected chi connectivity index (χ4v) is 0.513. The van der Waals surface area contributed by atoms with Crippen molar-refractivity contribution in [2.75, 3.05) is 0 Å². The summed E-state index contributed by atoms with van der Waals surface area (Å²) in [7, 11) is 0. The van der Waals surface area contributed by atoms with Crippen LogP contribution < -0.4 is 5.73 Å². The Hall–Kier alpha value is -1.16. The van der Waals surface area contributed by atoms with Crippen LogP contribution in [0.2, 0.25) is 0 Å². The largest absolute Gasteiger partial charge is 0.392 e. The van der Waals surface area contributed by atoms with Crippen molar-refractivity contribution >= 4 is 0 Å². The lowest BCUT2D eigenvalue weighted by Gasteiger charge is -2.18. The molecule has 0 bridgehead atoms. The molecule has 0 aliphatic rings. The molecule has 0 amide bonds. The van der Waals surface area contributed by atoms with Crippen molar-refractivity contribution in [3.63, 3.8) is 0 Å². The predicted molar refractivity (Wildman–Crippen MR) is 54.3 cm³/mol. The van der Waals surface area contributed by atoms with Crippen LogP contribution in [0.3, 0.4) is 0 Å². The van der Waals surface area contributed by atoms with E-state index in [4.69, 9.17) is 12.2 Å². The highest BCUT2D eigenvalue weighted by atomic mass is 14.5. The number of allylic oxidation sites excluding steroid dienone is 4. The normalized spacial score (nSPS) is 14.2. The molecule has 12 heavy (non-hydrogen) atoms. The highest BCUT2D eigenvalue weighted by molar-refractivity contribution is 5.28. The van der Waals surface area contributed by atoms with E-state index in [1.54, 1.807) is 6.08 Å². The molecule has 0 aromatic heterocycles. The SMILES string of the molecule is C#C/C(N)=C\C=C(/C)C(C)(C)C. The van der Waals surface area contributed by atoms with Gasteiger partial charge in [-0.2, -0.15) is 0 Å². The second-order valence-corrected chi connectivity index (χ2v) is 3.87. The number of nitrogens with two attached hydrogens (primary N) is 1. The van der Waals surface area contributed by atoms with Crippen LogP contribution in [0.1, 0.15) is 27.7 Å². The summed E-state index contributed by atoms with van der Waals surface area (Å²) in [5.41, 5.74) is 7.37. The molecule has 0 heterocycles. The summed E-state index contributed by atoms with van der Waals surface area (Å²) in [5.74, 6) is 2.37. The molecule has 2 N–H and O–H groups in total. The molecule has 0 aromatic rings. The quantitative estimate of drug-likeness (QED) is 0.466. The molecule has 0 aliphatic heterocycles. The van der Waals surface area contributed by atoms with Crippen LogP contribution in [0.5, 0.6) is 0 Å². The van der Waals surface area contributed by atoms with E-state index >= 15 is 0 Å². The molecular weight excluding hydrogens is 146 g/mol. The van der Waals surface area contributed by atoms with E-state index < -0.39 is 0 Å². The number of hydrogen-bond donors (Lipinski definition) is 1. The minimum absolute atomic E-state index is 0.186. The molecule has 1 heteroatoms. The first-order valence-electron chi connectivity index (χ1n) is 3.99. The van der Waals surface area contributed by atoms with Gasteiger partial charge in [-0.05, 0) is 18.4 Å². The van der Waals surface area contributed by atoms with Gasteiger partial charge in [0.15, 0.2) is 0 Å². The summed E-state index contributed by atoms with van der Waals surface area (Å²) in [4.78, 5) is 0. The van der Waals surface area contributed by atoms with E-state index in [1.807, 2.05) is 6.08 Å². The Labute approximate surface area is 75.3 Å². The number of terminal acetylenes is 1. The van der Waals surface area contributed by atoms with Gasteiger partial charge in [0.25, 0.3) is 0 Å². The van der Waals surface area contributed by atoms with Crippen LogP contribution in [0.4, 0.5) is 0 Å². The van der Waals surface area contributed by atoms with Gasteiger partial charge in [0.1, 0.15) is 0 Å². The lowest BCUT2D eigenvalue weighted by Crippen LogP contribution is -2.06. The minimum Gasteiger partial charge on any atom is -0.392 e. The summed E-state index contributed by atoms with van der Waals surface area (Å²) >= 11 is 0. The Bertz CT molecular complexity index is 243. The van der Waals surface area contributed by atoms with Crippen molar-refractivity contribution in [2.45, 2.75) is 27.7 Å². The summed E-state index contributed by atoms with van der Waals surface area (Å²) in [6.07, 6.45) is 8.83. The molecule has 0 fully saturated rings. The molecule has 0 spiro atoms. The first-order chi connectivity index (χ1) is 5.38. The monoisotopic (exact) mass is 163 g/mol. The van der Waals surface area contributed by atoms with Crippen molar-refractivity contribution in [3.8, 4) is 12.3 Å². The topological polar surface area (TPSA) is 26.0 Å². The first kappa shape index (κ1) is 10.8. The Morgan fingerprint density at radius 1 is 1.33 bits per heavy atom. The average Bonchev–Trinajstić information content (AvgIpc) is 1.97. The van der Waals surface area contributed by atoms with Crippen LogP contribution in [-0.4, -0.2) is 0 Å². The molecule has 66 valence electrons. The Balaban J connectivity index is 4.52. The zero-order chi connectivity index (χ0) is 9.78. The molecule has 0 aliphatic carbocycles. The molecule has 0 atom stereocenters. The Morgan fingerprint density at radius 3 is 2.17 bits per heavy atom. The lowest BCUT2D eigenvalue weighted by molar-refractivity contribution is 0.504. The van der Waals surface area contributed by atoms with Crippen molar-refractivity contribution in [2.24, 2.45) is 11.1 Å². The minimum atomic E-state index is 0.186. The summed E-state index contributed by atoms with van der Waals surface area (Å²) in [6.45, 7) is 8.52. The van der Waals surface area contributed by atoms with Crippen LogP contribution >= 0.6 is 0 Å². The summed E-state index contributed by atoms with van der Waals surface area (Å²) in [6, 6.07) is 0. The molecule has 0 rings (SSSR count). The molecule has 0 unspecified atom stereocenters. The third-order valence-electron chi connectivity index (χ3n) is 1.86. The van der Waals surface area contributed by atoms with Crippen LogP contribution in [0.25, 0.3) is 0 Å². The van der Waals surface area contributed by atoms with Gasteiger partial charge in [0.2, 0.25) is 0 Å². The Morgan fingerprint density at radius 2 is 1.83 bits per heavy atom. The lowest BCUT2D eigenvalue weighted by atomic mass is 9.87. The van der Waals surface area contributed by atoms with Crippen LogP contribution in [0, 0.1) is 17.8 Å². The van der Waals surface area contributed by atoms with E-state index in [9.17, 15) is 0 Å². The van der Waals surface area contributed by atoms with Gasteiger partial charge in [-0.25, -0.2) is 0 Å². The molecule has 0 saturated heterocycles.